The Kier molecular flexibility index (Phi) is 5.43. The lowest BCUT2D eigenvalue weighted by Gasteiger charge is -2.12. The van der Waals surface area contributed by atoms with E-state index in [0.717, 1.165) is 35.6 Å². The van der Waals surface area contributed by atoms with Gasteiger partial charge in [0.05, 0.1) is 17.0 Å². The monoisotopic (exact) mass is 344 g/mol. The Morgan fingerprint density at radius 1 is 1.44 bits per heavy atom. The molecule has 0 saturated carbocycles. The first-order chi connectivity index (χ1) is 12.0. The van der Waals surface area contributed by atoms with E-state index >= 15 is 0 Å². The van der Waals surface area contributed by atoms with Gasteiger partial charge in [-0.05, 0) is 19.8 Å². The molecule has 134 valence electrons. The molecule has 1 saturated heterocycles. The Balaban J connectivity index is 1.73. The van der Waals surface area contributed by atoms with Crippen molar-refractivity contribution < 1.29 is 14.1 Å². The standard InChI is InChI=1S/C18H24N4O3/c1-11(2)17-20-10-13(16-9-12(3)22-25-16)14(21-17)6-7-19-18(23)15-5-4-8-24-15/h9-11,15H,4-8H2,1-3H3,(H,19,23). The predicted molar refractivity (Wildman–Crippen MR) is 92.0 cm³/mol. The molecule has 7 heteroatoms. The third kappa shape index (κ3) is 4.22. The Morgan fingerprint density at radius 3 is 2.92 bits per heavy atom. The third-order valence-electron chi connectivity index (χ3n) is 4.18. The molecule has 7 nitrogen and oxygen atoms in total. The van der Waals surface area contributed by atoms with Crippen molar-refractivity contribution in [1.82, 2.24) is 20.4 Å². The van der Waals surface area contributed by atoms with Crippen molar-refractivity contribution in [3.05, 3.63) is 29.5 Å². The van der Waals surface area contributed by atoms with Gasteiger partial charge in [-0.2, -0.15) is 0 Å². The molecule has 0 spiro atoms. The van der Waals surface area contributed by atoms with E-state index < -0.39 is 0 Å². The second-order valence-electron chi connectivity index (χ2n) is 6.62. The maximum Gasteiger partial charge on any atom is 0.249 e. The highest BCUT2D eigenvalue weighted by Crippen LogP contribution is 2.24. The number of aromatic nitrogens is 3. The average molecular weight is 344 g/mol. The lowest BCUT2D eigenvalue weighted by Crippen LogP contribution is -2.35. The second kappa shape index (κ2) is 7.74. The topological polar surface area (TPSA) is 90.1 Å². The fourth-order valence-corrected chi connectivity index (χ4v) is 2.80. The first-order valence-electron chi connectivity index (χ1n) is 8.73. The number of rotatable bonds is 6. The van der Waals surface area contributed by atoms with Crippen LogP contribution in [-0.4, -0.2) is 40.3 Å². The maximum absolute atomic E-state index is 12.1. The summed E-state index contributed by atoms with van der Waals surface area (Å²) < 4.78 is 10.8. The van der Waals surface area contributed by atoms with Gasteiger partial charge >= 0.3 is 0 Å². The molecule has 3 rings (SSSR count). The second-order valence-corrected chi connectivity index (χ2v) is 6.62. The molecule has 1 fully saturated rings. The maximum atomic E-state index is 12.1. The van der Waals surface area contributed by atoms with E-state index in [-0.39, 0.29) is 17.9 Å². The van der Waals surface area contributed by atoms with E-state index in [2.05, 4.69) is 34.3 Å². The summed E-state index contributed by atoms with van der Waals surface area (Å²) in [5, 5.41) is 6.87. The van der Waals surface area contributed by atoms with Gasteiger partial charge in [0.1, 0.15) is 11.9 Å². The van der Waals surface area contributed by atoms with Crippen LogP contribution in [0.5, 0.6) is 0 Å². The number of nitrogens with one attached hydrogen (secondary N) is 1. The van der Waals surface area contributed by atoms with Crippen LogP contribution < -0.4 is 5.32 Å². The first-order valence-corrected chi connectivity index (χ1v) is 8.73. The highest BCUT2D eigenvalue weighted by atomic mass is 16.5. The van der Waals surface area contributed by atoms with Crippen molar-refractivity contribution in [3.8, 4) is 11.3 Å². The predicted octanol–water partition coefficient (Wildman–Crippen LogP) is 2.40. The number of nitrogens with zero attached hydrogens (tertiary/aromatic N) is 3. The fraction of sp³-hybridized carbons (Fsp3) is 0.556. The first kappa shape index (κ1) is 17.5. The normalized spacial score (nSPS) is 17.2. The third-order valence-corrected chi connectivity index (χ3v) is 4.18. The van der Waals surface area contributed by atoms with Crippen molar-refractivity contribution in [3.63, 3.8) is 0 Å². The lowest BCUT2D eigenvalue weighted by molar-refractivity contribution is -0.129. The van der Waals surface area contributed by atoms with Crippen LogP contribution in [0.25, 0.3) is 11.3 Å². The molecule has 0 aromatic carbocycles. The van der Waals surface area contributed by atoms with Crippen molar-refractivity contribution in [1.29, 1.82) is 0 Å². The van der Waals surface area contributed by atoms with E-state index in [4.69, 9.17) is 9.26 Å². The molecule has 0 radical (unpaired) electrons. The van der Waals surface area contributed by atoms with Gasteiger partial charge in [-0.25, -0.2) is 9.97 Å². The van der Waals surface area contributed by atoms with Gasteiger partial charge in [0.2, 0.25) is 5.91 Å². The van der Waals surface area contributed by atoms with Crippen LogP contribution in [0.3, 0.4) is 0 Å². The molecule has 1 N–H and O–H groups in total. The highest BCUT2D eigenvalue weighted by Gasteiger charge is 2.23. The van der Waals surface area contributed by atoms with Gasteiger partial charge < -0.3 is 14.6 Å². The number of hydrogen-bond acceptors (Lipinski definition) is 6. The van der Waals surface area contributed by atoms with E-state index in [1.165, 1.54) is 0 Å². The molecule has 0 bridgehead atoms. The minimum atomic E-state index is -0.312. The zero-order valence-electron chi connectivity index (χ0n) is 14.9. The van der Waals surface area contributed by atoms with E-state index in [1.54, 1.807) is 6.20 Å². The Bertz CT molecular complexity index is 736. The van der Waals surface area contributed by atoms with Crippen molar-refractivity contribution in [2.75, 3.05) is 13.2 Å². The van der Waals surface area contributed by atoms with Gasteiger partial charge in [-0.1, -0.05) is 19.0 Å². The Hall–Kier alpha value is -2.28. The molecule has 1 aliphatic rings. The van der Waals surface area contributed by atoms with Crippen molar-refractivity contribution in [2.24, 2.45) is 0 Å². The summed E-state index contributed by atoms with van der Waals surface area (Å²) in [6.45, 7) is 7.13. The minimum Gasteiger partial charge on any atom is -0.368 e. The summed E-state index contributed by atoms with van der Waals surface area (Å²) in [5.74, 6) is 1.60. The summed E-state index contributed by atoms with van der Waals surface area (Å²) in [5.41, 5.74) is 2.47. The van der Waals surface area contributed by atoms with Crippen LogP contribution in [-0.2, 0) is 16.0 Å². The summed E-state index contributed by atoms with van der Waals surface area (Å²) in [7, 11) is 0. The van der Waals surface area contributed by atoms with Crippen LogP contribution in [0, 0.1) is 6.92 Å². The molecule has 2 aromatic rings. The van der Waals surface area contributed by atoms with Gasteiger partial charge in [0.15, 0.2) is 5.76 Å². The van der Waals surface area contributed by atoms with Crippen molar-refractivity contribution >= 4 is 5.91 Å². The van der Waals surface area contributed by atoms with E-state index in [9.17, 15) is 4.79 Å². The zero-order valence-corrected chi connectivity index (χ0v) is 14.9. The molecule has 2 aromatic heterocycles. The summed E-state index contributed by atoms with van der Waals surface area (Å²) in [4.78, 5) is 21.2. The van der Waals surface area contributed by atoms with E-state index in [1.807, 2.05) is 13.0 Å². The van der Waals surface area contributed by atoms with Crippen LogP contribution in [0.15, 0.2) is 16.8 Å². The summed E-state index contributed by atoms with van der Waals surface area (Å²) in [6, 6.07) is 1.86. The van der Waals surface area contributed by atoms with Crippen molar-refractivity contribution in [2.45, 2.75) is 52.1 Å². The zero-order chi connectivity index (χ0) is 17.8. The smallest absolute Gasteiger partial charge is 0.249 e. The number of aryl methyl sites for hydroxylation is 1. The van der Waals surface area contributed by atoms with Gasteiger partial charge in [-0.3, -0.25) is 4.79 Å². The summed E-state index contributed by atoms with van der Waals surface area (Å²) >= 11 is 0. The number of carbonyl (C=O) groups excluding carboxylic acids is 1. The summed E-state index contributed by atoms with van der Waals surface area (Å²) in [6.07, 6.45) is 3.79. The molecule has 3 heterocycles. The molecule has 0 aliphatic carbocycles. The number of ether oxygens (including phenoxy) is 1. The number of carbonyl (C=O) groups is 1. The molecular formula is C18H24N4O3. The SMILES string of the molecule is Cc1cc(-c2cnc(C(C)C)nc2CCNC(=O)C2CCCO2)on1. The number of hydrogen-bond donors (Lipinski definition) is 1. The van der Waals surface area contributed by atoms with Gasteiger partial charge in [0.25, 0.3) is 0 Å². The molecule has 1 aliphatic heterocycles. The average Bonchev–Trinajstić information content (AvgIpc) is 3.26. The largest absolute Gasteiger partial charge is 0.368 e. The van der Waals surface area contributed by atoms with Crippen LogP contribution >= 0.6 is 0 Å². The highest BCUT2D eigenvalue weighted by molar-refractivity contribution is 5.80. The van der Waals surface area contributed by atoms with Gasteiger partial charge in [0, 0.05) is 37.8 Å². The van der Waals surface area contributed by atoms with Crippen LogP contribution in [0.1, 0.15) is 49.8 Å². The van der Waals surface area contributed by atoms with E-state index in [0.29, 0.717) is 25.3 Å². The minimum absolute atomic E-state index is 0.0484. The lowest BCUT2D eigenvalue weighted by atomic mass is 10.1. The molecule has 25 heavy (non-hydrogen) atoms. The molecular weight excluding hydrogens is 320 g/mol. The Labute approximate surface area is 147 Å². The van der Waals surface area contributed by atoms with Gasteiger partial charge in [-0.15, -0.1) is 0 Å². The molecule has 1 amide bonds. The molecule has 1 atom stereocenters. The van der Waals surface area contributed by atoms with Crippen LogP contribution in [0.2, 0.25) is 0 Å². The Morgan fingerprint density at radius 2 is 2.28 bits per heavy atom. The van der Waals surface area contributed by atoms with Crippen LogP contribution in [0.4, 0.5) is 0 Å². The fourth-order valence-electron chi connectivity index (χ4n) is 2.80. The number of amides is 1. The quantitative estimate of drug-likeness (QED) is 0.865. The molecule has 1 unspecified atom stereocenters.